The zero-order chi connectivity index (χ0) is 22.8. The molecule has 6 nitrogen and oxygen atoms in total. The van der Waals surface area contributed by atoms with Crippen LogP contribution in [0.4, 0.5) is 0 Å². The van der Waals surface area contributed by atoms with Crippen molar-refractivity contribution in [3.8, 4) is 5.75 Å². The number of hydrogen-bond acceptors (Lipinski definition) is 6. The number of pyridine rings is 1. The molecule has 1 N–H and O–H groups in total. The second-order valence-electron chi connectivity index (χ2n) is 7.32. The van der Waals surface area contributed by atoms with Gasteiger partial charge in [-0.15, -0.1) is 11.3 Å². The van der Waals surface area contributed by atoms with Gasteiger partial charge in [0.15, 0.2) is 0 Å². The van der Waals surface area contributed by atoms with Crippen LogP contribution in [-0.4, -0.2) is 33.3 Å². The van der Waals surface area contributed by atoms with Crippen LogP contribution in [0, 0.1) is 6.92 Å². The van der Waals surface area contributed by atoms with Crippen molar-refractivity contribution < 1.29 is 19.4 Å². The number of benzene rings is 1. The third kappa shape index (κ3) is 4.01. The number of rotatable bonds is 6. The molecule has 32 heavy (non-hydrogen) atoms. The molecule has 0 saturated carbocycles. The quantitative estimate of drug-likeness (QED) is 0.308. The minimum absolute atomic E-state index is 0.0187. The molecule has 1 aromatic carbocycles. The molecular weight excluding hydrogens is 448 g/mol. The number of ether oxygens (including phenoxy) is 1. The minimum Gasteiger partial charge on any atom is -0.507 e. The number of aliphatic hydroxyl groups is 1. The molecule has 1 atom stereocenters. The molecule has 8 heteroatoms. The number of likely N-dealkylation sites (tertiary alicyclic amines) is 1. The first kappa shape index (κ1) is 22.0. The molecule has 2 aromatic heterocycles. The molecule has 0 aliphatic carbocycles. The van der Waals surface area contributed by atoms with Crippen LogP contribution >= 0.6 is 22.9 Å². The third-order valence-corrected chi connectivity index (χ3v) is 6.70. The fourth-order valence-corrected chi connectivity index (χ4v) is 5.01. The lowest BCUT2D eigenvalue weighted by molar-refractivity contribution is -0.140. The lowest BCUT2D eigenvalue weighted by atomic mass is 9.98. The van der Waals surface area contributed by atoms with Gasteiger partial charge in [0, 0.05) is 29.4 Å². The maximum absolute atomic E-state index is 13.2. The number of carbonyl (C=O) groups is 2. The molecule has 1 unspecified atom stereocenters. The third-order valence-electron chi connectivity index (χ3n) is 5.30. The van der Waals surface area contributed by atoms with Crippen LogP contribution in [0.3, 0.4) is 0 Å². The van der Waals surface area contributed by atoms with Crippen molar-refractivity contribution >= 4 is 40.4 Å². The van der Waals surface area contributed by atoms with E-state index in [4.69, 9.17) is 16.3 Å². The number of aromatic nitrogens is 1. The van der Waals surface area contributed by atoms with Crippen molar-refractivity contribution in [2.24, 2.45) is 0 Å². The van der Waals surface area contributed by atoms with Gasteiger partial charge < -0.3 is 14.7 Å². The number of halogens is 1. The zero-order valence-electron chi connectivity index (χ0n) is 17.5. The van der Waals surface area contributed by atoms with Crippen LogP contribution in [-0.2, 0) is 16.1 Å². The molecule has 1 amide bonds. The Morgan fingerprint density at radius 2 is 1.97 bits per heavy atom. The molecule has 1 aliphatic rings. The highest BCUT2D eigenvalue weighted by atomic mass is 35.5. The number of thiophene rings is 1. The van der Waals surface area contributed by atoms with Crippen molar-refractivity contribution in [1.29, 1.82) is 0 Å². The smallest absolute Gasteiger partial charge is 0.295 e. The number of Topliss-reactive ketones (excluding diaryl/α,β-unsaturated/α-hetero) is 1. The van der Waals surface area contributed by atoms with E-state index in [-0.39, 0.29) is 28.5 Å². The van der Waals surface area contributed by atoms with Crippen LogP contribution in [0.15, 0.2) is 59.7 Å². The van der Waals surface area contributed by atoms with Gasteiger partial charge in [-0.3, -0.25) is 14.6 Å². The van der Waals surface area contributed by atoms with E-state index < -0.39 is 17.7 Å². The van der Waals surface area contributed by atoms with Gasteiger partial charge in [0.25, 0.3) is 11.7 Å². The fraction of sp³-hybridized carbons (Fsp3) is 0.208. The summed E-state index contributed by atoms with van der Waals surface area (Å²) in [6, 6.07) is 9.64. The fourth-order valence-electron chi connectivity index (χ4n) is 3.75. The summed E-state index contributed by atoms with van der Waals surface area (Å²) in [4.78, 5) is 32.6. The predicted octanol–water partition coefficient (Wildman–Crippen LogP) is 5.13. The Morgan fingerprint density at radius 3 is 2.62 bits per heavy atom. The van der Waals surface area contributed by atoms with E-state index in [9.17, 15) is 14.7 Å². The maximum atomic E-state index is 13.2. The Kier molecular flexibility index (Phi) is 6.30. The maximum Gasteiger partial charge on any atom is 0.295 e. The van der Waals surface area contributed by atoms with Gasteiger partial charge in [0.05, 0.1) is 17.2 Å². The topological polar surface area (TPSA) is 79.7 Å². The Balaban J connectivity index is 1.88. The Bertz CT molecular complexity index is 1210. The highest BCUT2D eigenvalue weighted by molar-refractivity contribution is 7.10. The first-order valence-electron chi connectivity index (χ1n) is 10.1. The van der Waals surface area contributed by atoms with Gasteiger partial charge in [-0.05, 0) is 66.8 Å². The highest BCUT2D eigenvalue weighted by Crippen LogP contribution is 2.44. The molecule has 0 bridgehead atoms. The Hall–Kier alpha value is -3.16. The van der Waals surface area contributed by atoms with Gasteiger partial charge in [-0.1, -0.05) is 11.6 Å². The second kappa shape index (κ2) is 9.14. The van der Waals surface area contributed by atoms with Gasteiger partial charge in [-0.2, -0.15) is 0 Å². The molecule has 164 valence electrons. The number of amides is 1. The summed E-state index contributed by atoms with van der Waals surface area (Å²) < 4.78 is 5.52. The van der Waals surface area contributed by atoms with Gasteiger partial charge in [0.2, 0.25) is 0 Å². The summed E-state index contributed by atoms with van der Waals surface area (Å²) in [5.74, 6) is -1.22. The number of aliphatic hydroxyl groups excluding tert-OH is 1. The monoisotopic (exact) mass is 468 g/mol. The van der Waals surface area contributed by atoms with Gasteiger partial charge >= 0.3 is 0 Å². The molecule has 1 saturated heterocycles. The normalized spacial score (nSPS) is 17.7. The van der Waals surface area contributed by atoms with Crippen LogP contribution < -0.4 is 4.74 Å². The Labute approximate surface area is 194 Å². The lowest BCUT2D eigenvalue weighted by Gasteiger charge is -2.25. The molecule has 3 heterocycles. The molecule has 4 rings (SSSR count). The van der Waals surface area contributed by atoms with Crippen molar-refractivity contribution in [2.45, 2.75) is 26.4 Å². The van der Waals surface area contributed by atoms with Crippen LogP contribution in [0.2, 0.25) is 5.02 Å². The standard InChI is InChI=1S/C24H21ClN2O4S/c1-3-31-16-4-5-18(25)17(12-16)21(28)19-20(23-14(2)8-11-32-23)27(24(30)22(19)29)13-15-6-9-26-10-7-15/h4-12,20,28H,3,13H2,1-2H3/b21-19+. The summed E-state index contributed by atoms with van der Waals surface area (Å²) in [5, 5.41) is 13.4. The molecule has 3 aromatic rings. The van der Waals surface area contributed by atoms with E-state index in [1.807, 2.05) is 25.3 Å². The number of aryl methyl sites for hydroxylation is 1. The molecule has 0 radical (unpaired) electrons. The van der Waals surface area contributed by atoms with E-state index in [1.165, 1.54) is 16.2 Å². The second-order valence-corrected chi connectivity index (χ2v) is 8.68. The number of ketones is 1. The zero-order valence-corrected chi connectivity index (χ0v) is 19.1. The molecule has 0 spiro atoms. The van der Waals surface area contributed by atoms with Gasteiger partial charge in [0.1, 0.15) is 17.6 Å². The summed E-state index contributed by atoms with van der Waals surface area (Å²) in [7, 11) is 0. The average Bonchev–Trinajstić information content (AvgIpc) is 3.31. The van der Waals surface area contributed by atoms with Crippen LogP contribution in [0.5, 0.6) is 5.75 Å². The summed E-state index contributed by atoms with van der Waals surface area (Å²) in [6.45, 7) is 4.41. The van der Waals surface area contributed by atoms with E-state index in [0.29, 0.717) is 12.4 Å². The van der Waals surface area contributed by atoms with Crippen molar-refractivity contribution in [3.63, 3.8) is 0 Å². The minimum atomic E-state index is -0.743. The molecule has 1 fully saturated rings. The van der Waals surface area contributed by atoms with Crippen LogP contribution in [0.1, 0.15) is 34.5 Å². The van der Waals surface area contributed by atoms with E-state index >= 15 is 0 Å². The van der Waals surface area contributed by atoms with Crippen LogP contribution in [0.25, 0.3) is 5.76 Å². The molecular formula is C24H21ClN2O4S. The van der Waals surface area contributed by atoms with Crippen molar-refractivity contribution in [1.82, 2.24) is 9.88 Å². The van der Waals surface area contributed by atoms with E-state index in [1.54, 1.807) is 42.7 Å². The lowest BCUT2D eigenvalue weighted by Crippen LogP contribution is -2.29. The largest absolute Gasteiger partial charge is 0.507 e. The first-order valence-corrected chi connectivity index (χ1v) is 11.3. The van der Waals surface area contributed by atoms with E-state index in [2.05, 4.69) is 4.98 Å². The number of hydrogen-bond donors (Lipinski definition) is 1. The predicted molar refractivity (Wildman–Crippen MR) is 124 cm³/mol. The van der Waals surface area contributed by atoms with Crippen molar-refractivity contribution in [2.75, 3.05) is 6.61 Å². The summed E-state index contributed by atoms with van der Waals surface area (Å²) in [6.07, 6.45) is 3.27. The summed E-state index contributed by atoms with van der Waals surface area (Å²) in [5.41, 5.74) is 2.03. The van der Waals surface area contributed by atoms with Crippen molar-refractivity contribution in [3.05, 3.63) is 86.3 Å². The number of carbonyl (C=O) groups excluding carboxylic acids is 2. The summed E-state index contributed by atoms with van der Waals surface area (Å²) >= 11 is 7.80. The Morgan fingerprint density at radius 1 is 1.22 bits per heavy atom. The average molecular weight is 469 g/mol. The van der Waals surface area contributed by atoms with Gasteiger partial charge in [-0.25, -0.2) is 0 Å². The highest BCUT2D eigenvalue weighted by Gasteiger charge is 2.47. The number of nitrogens with zero attached hydrogens (tertiary/aromatic N) is 2. The first-order chi connectivity index (χ1) is 15.4. The van der Waals surface area contributed by atoms with E-state index in [0.717, 1.165) is 16.0 Å². The SMILES string of the molecule is CCOc1ccc(Cl)c(/C(O)=C2\C(=O)C(=O)N(Cc3ccncc3)C2c2sccc2C)c1. The molecule has 1 aliphatic heterocycles.